The molecule has 0 N–H and O–H groups in total. The summed E-state index contributed by atoms with van der Waals surface area (Å²) >= 11 is 3.31. The number of piperazine rings is 1. The molecule has 1 heterocycles. The minimum absolute atomic E-state index is 0.120. The van der Waals surface area contributed by atoms with Crippen LogP contribution in [0.1, 0.15) is 5.56 Å². The molecule has 0 aromatic heterocycles. The van der Waals surface area contributed by atoms with E-state index in [0.29, 0.717) is 47.0 Å². The van der Waals surface area contributed by atoms with Crippen LogP contribution in [0, 0.1) is 10.1 Å². The van der Waals surface area contributed by atoms with Crippen LogP contribution in [0.15, 0.2) is 34.8 Å². The Balaban J connectivity index is 1.72. The molecule has 156 valence electrons. The van der Waals surface area contributed by atoms with E-state index in [1.165, 1.54) is 0 Å². The third-order valence-corrected chi connectivity index (χ3v) is 5.52. The maximum Gasteiger partial charge on any atom is 0.293 e. The van der Waals surface area contributed by atoms with Gasteiger partial charge in [-0.05, 0) is 18.2 Å². The van der Waals surface area contributed by atoms with E-state index in [2.05, 4.69) is 25.7 Å². The lowest BCUT2D eigenvalue weighted by atomic mass is 10.1. The van der Waals surface area contributed by atoms with E-state index in [9.17, 15) is 10.1 Å². The van der Waals surface area contributed by atoms with E-state index >= 15 is 0 Å². The van der Waals surface area contributed by atoms with Gasteiger partial charge < -0.3 is 19.1 Å². The zero-order valence-corrected chi connectivity index (χ0v) is 18.3. The Kier molecular flexibility index (Phi) is 6.81. The molecule has 2 aromatic rings. The molecule has 0 atom stereocenters. The summed E-state index contributed by atoms with van der Waals surface area (Å²) in [6, 6.07) is 9.04. The molecule has 9 heteroatoms. The van der Waals surface area contributed by atoms with Crippen molar-refractivity contribution < 1.29 is 19.1 Å². The summed E-state index contributed by atoms with van der Waals surface area (Å²) in [5, 5.41) is 11.4. The van der Waals surface area contributed by atoms with E-state index < -0.39 is 0 Å². The van der Waals surface area contributed by atoms with E-state index in [1.807, 2.05) is 18.2 Å². The molecule has 0 spiro atoms. The van der Waals surface area contributed by atoms with Crippen LogP contribution in [-0.4, -0.2) is 57.3 Å². The van der Waals surface area contributed by atoms with Gasteiger partial charge in [0.1, 0.15) is 5.69 Å². The molecule has 0 bridgehead atoms. The van der Waals surface area contributed by atoms with Crippen molar-refractivity contribution in [3.8, 4) is 17.2 Å². The number of halogens is 1. The van der Waals surface area contributed by atoms with Crippen molar-refractivity contribution in [2.75, 3.05) is 52.4 Å². The molecule has 1 aliphatic heterocycles. The average molecular weight is 466 g/mol. The highest BCUT2D eigenvalue weighted by Gasteiger charge is 2.25. The molecule has 8 nitrogen and oxygen atoms in total. The van der Waals surface area contributed by atoms with Gasteiger partial charge in [0.2, 0.25) is 5.75 Å². The number of rotatable bonds is 7. The van der Waals surface area contributed by atoms with Crippen molar-refractivity contribution in [1.82, 2.24) is 4.90 Å². The summed E-state index contributed by atoms with van der Waals surface area (Å²) < 4.78 is 17.1. The number of nitro benzene ring substituents is 1. The van der Waals surface area contributed by atoms with Gasteiger partial charge in [0.25, 0.3) is 5.69 Å². The van der Waals surface area contributed by atoms with Crippen LogP contribution in [0.5, 0.6) is 17.2 Å². The molecule has 1 saturated heterocycles. The Bertz CT molecular complexity index is 885. The lowest BCUT2D eigenvalue weighted by molar-refractivity contribution is -0.384. The molecule has 2 aromatic carbocycles. The van der Waals surface area contributed by atoms with Gasteiger partial charge in [0.15, 0.2) is 11.5 Å². The number of anilines is 1. The van der Waals surface area contributed by atoms with Crippen LogP contribution < -0.4 is 19.1 Å². The van der Waals surface area contributed by atoms with Gasteiger partial charge in [-0.3, -0.25) is 15.0 Å². The minimum Gasteiger partial charge on any atom is -0.493 e. The van der Waals surface area contributed by atoms with Crippen LogP contribution in [0.4, 0.5) is 11.4 Å². The van der Waals surface area contributed by atoms with E-state index in [-0.39, 0.29) is 10.6 Å². The van der Waals surface area contributed by atoms with Gasteiger partial charge in [0.05, 0.1) is 26.3 Å². The Hall–Kier alpha value is -2.52. The minimum atomic E-state index is -0.332. The largest absolute Gasteiger partial charge is 0.493 e. The lowest BCUT2D eigenvalue weighted by Gasteiger charge is -2.36. The zero-order chi connectivity index (χ0) is 21.0. The maximum atomic E-state index is 11.4. The maximum absolute atomic E-state index is 11.4. The van der Waals surface area contributed by atoms with Crippen molar-refractivity contribution in [2.24, 2.45) is 0 Å². The van der Waals surface area contributed by atoms with Crippen molar-refractivity contribution in [2.45, 2.75) is 6.54 Å². The van der Waals surface area contributed by atoms with E-state index in [1.54, 1.807) is 33.5 Å². The van der Waals surface area contributed by atoms with Gasteiger partial charge in [-0.2, -0.15) is 0 Å². The first-order chi connectivity index (χ1) is 14.0. The molecule has 1 fully saturated rings. The standard InChI is InChI=1S/C20H24BrN3O5/c1-27-18-7-4-14(19(28-2)20(18)29-3)13-22-8-10-23(11-9-22)16-6-5-15(21)12-17(16)24(25)26/h4-7,12H,8-11,13H2,1-3H3. The summed E-state index contributed by atoms with van der Waals surface area (Å²) in [5.74, 6) is 1.87. The molecular weight excluding hydrogens is 442 g/mol. The van der Waals surface area contributed by atoms with E-state index in [4.69, 9.17) is 14.2 Å². The molecule has 0 radical (unpaired) electrons. The quantitative estimate of drug-likeness (QED) is 0.455. The Morgan fingerprint density at radius 3 is 2.28 bits per heavy atom. The van der Waals surface area contributed by atoms with Gasteiger partial charge in [-0.25, -0.2) is 0 Å². The lowest BCUT2D eigenvalue weighted by Crippen LogP contribution is -2.46. The van der Waals surface area contributed by atoms with Crippen molar-refractivity contribution in [3.63, 3.8) is 0 Å². The number of nitro groups is 1. The van der Waals surface area contributed by atoms with Crippen LogP contribution >= 0.6 is 15.9 Å². The van der Waals surface area contributed by atoms with Gasteiger partial charge in [0, 0.05) is 48.8 Å². The second kappa shape index (κ2) is 9.32. The highest BCUT2D eigenvalue weighted by Crippen LogP contribution is 2.40. The molecule has 1 aliphatic rings. The van der Waals surface area contributed by atoms with Crippen LogP contribution in [-0.2, 0) is 6.54 Å². The monoisotopic (exact) mass is 465 g/mol. The zero-order valence-electron chi connectivity index (χ0n) is 16.7. The summed E-state index contributed by atoms with van der Waals surface area (Å²) in [5.41, 5.74) is 1.78. The highest BCUT2D eigenvalue weighted by atomic mass is 79.9. The first kappa shape index (κ1) is 21.2. The molecule has 0 amide bonds. The van der Waals surface area contributed by atoms with Crippen LogP contribution in [0.25, 0.3) is 0 Å². The smallest absolute Gasteiger partial charge is 0.293 e. The van der Waals surface area contributed by atoms with Gasteiger partial charge in [-0.15, -0.1) is 0 Å². The fourth-order valence-electron chi connectivity index (χ4n) is 3.59. The number of methoxy groups -OCH3 is 3. The first-order valence-corrected chi connectivity index (χ1v) is 9.96. The van der Waals surface area contributed by atoms with Crippen LogP contribution in [0.3, 0.4) is 0 Å². The third-order valence-electron chi connectivity index (χ3n) is 5.03. The second-order valence-electron chi connectivity index (χ2n) is 6.65. The number of hydrogen-bond acceptors (Lipinski definition) is 7. The predicted molar refractivity (Wildman–Crippen MR) is 114 cm³/mol. The molecule has 3 rings (SSSR count). The summed E-state index contributed by atoms with van der Waals surface area (Å²) in [6.45, 7) is 3.67. The summed E-state index contributed by atoms with van der Waals surface area (Å²) in [4.78, 5) is 15.4. The average Bonchev–Trinajstić information content (AvgIpc) is 2.73. The SMILES string of the molecule is COc1ccc(CN2CCN(c3ccc(Br)cc3[N+](=O)[O-])CC2)c(OC)c1OC. The number of hydrogen-bond donors (Lipinski definition) is 0. The predicted octanol–water partition coefficient (Wildman–Crippen LogP) is 3.71. The number of benzene rings is 2. The Morgan fingerprint density at radius 2 is 1.69 bits per heavy atom. The highest BCUT2D eigenvalue weighted by molar-refractivity contribution is 9.10. The van der Waals surface area contributed by atoms with Crippen molar-refractivity contribution in [1.29, 1.82) is 0 Å². The normalized spacial score (nSPS) is 14.6. The molecule has 0 unspecified atom stereocenters. The van der Waals surface area contributed by atoms with E-state index in [0.717, 1.165) is 18.7 Å². The molecular formula is C20H24BrN3O5. The summed E-state index contributed by atoms with van der Waals surface area (Å²) in [7, 11) is 4.80. The molecule has 0 aliphatic carbocycles. The fraction of sp³-hybridized carbons (Fsp3) is 0.400. The fourth-order valence-corrected chi connectivity index (χ4v) is 3.93. The van der Waals surface area contributed by atoms with Gasteiger partial charge in [-0.1, -0.05) is 22.0 Å². The topological polar surface area (TPSA) is 77.3 Å². The third kappa shape index (κ3) is 4.56. The second-order valence-corrected chi connectivity index (χ2v) is 7.56. The number of ether oxygens (including phenoxy) is 3. The first-order valence-electron chi connectivity index (χ1n) is 9.17. The Labute approximate surface area is 178 Å². The molecule has 0 saturated carbocycles. The molecule has 29 heavy (non-hydrogen) atoms. The van der Waals surface area contributed by atoms with Gasteiger partial charge >= 0.3 is 0 Å². The van der Waals surface area contributed by atoms with Crippen molar-refractivity contribution >= 4 is 27.3 Å². The number of nitrogens with zero attached hydrogens (tertiary/aromatic N) is 3. The van der Waals surface area contributed by atoms with Crippen molar-refractivity contribution in [3.05, 3.63) is 50.5 Å². The Morgan fingerprint density at radius 1 is 1.00 bits per heavy atom. The van der Waals surface area contributed by atoms with Crippen LogP contribution in [0.2, 0.25) is 0 Å². The summed E-state index contributed by atoms with van der Waals surface area (Å²) in [6.07, 6.45) is 0.